The van der Waals surface area contributed by atoms with Crippen molar-refractivity contribution in [2.45, 2.75) is 6.04 Å². The Morgan fingerprint density at radius 1 is 0.769 bits per heavy atom. The zero-order valence-corrected chi connectivity index (χ0v) is 15.3. The van der Waals surface area contributed by atoms with E-state index in [1.165, 1.54) is 15.9 Å². The van der Waals surface area contributed by atoms with Gasteiger partial charge in [0.15, 0.2) is 0 Å². The van der Waals surface area contributed by atoms with Crippen LogP contribution in [0, 0.1) is 0 Å². The Morgan fingerprint density at radius 2 is 1.19 bits per heavy atom. The van der Waals surface area contributed by atoms with Gasteiger partial charge in [0.2, 0.25) is 0 Å². The largest absolute Gasteiger partial charge is 0.447 e. The Balaban J connectivity index is 1.92. The molecule has 1 saturated heterocycles. The monoisotopic (exact) mass is 362 g/mol. The van der Waals surface area contributed by atoms with Gasteiger partial charge in [-0.15, -0.1) is 0 Å². The minimum absolute atomic E-state index is 0.0106. The quantitative estimate of drug-likeness (QED) is 0.709. The van der Waals surface area contributed by atoms with E-state index in [-0.39, 0.29) is 12.1 Å². The highest BCUT2D eigenvalue weighted by Gasteiger charge is 2.48. The van der Waals surface area contributed by atoms with Gasteiger partial charge in [-0.25, -0.2) is 4.79 Å². The molecule has 1 aliphatic rings. The van der Waals surface area contributed by atoms with E-state index < -0.39 is 7.26 Å². The summed E-state index contributed by atoms with van der Waals surface area (Å²) in [5, 5.41) is 6.94. The molecule has 4 heteroatoms. The molecule has 1 N–H and O–H groups in total. The molecule has 0 radical (unpaired) electrons. The Kier molecular flexibility index (Phi) is 4.73. The SMILES string of the molecule is O=C1NC(C[P+](c2ccccc2)(c2ccccc2)c2ccccc2)CO1. The van der Waals surface area contributed by atoms with Gasteiger partial charge in [-0.3, -0.25) is 0 Å². The lowest BCUT2D eigenvalue weighted by molar-refractivity contribution is 0.177. The van der Waals surface area contributed by atoms with Crippen molar-refractivity contribution in [2.75, 3.05) is 12.8 Å². The first kappa shape index (κ1) is 16.8. The molecule has 3 nitrogen and oxygen atoms in total. The molecular weight excluding hydrogens is 341 g/mol. The normalized spacial score (nSPS) is 16.8. The molecule has 130 valence electrons. The minimum atomic E-state index is -1.92. The number of amides is 1. The van der Waals surface area contributed by atoms with E-state index >= 15 is 0 Å². The second kappa shape index (κ2) is 7.31. The van der Waals surface area contributed by atoms with Crippen LogP contribution in [0.4, 0.5) is 4.79 Å². The molecule has 0 bridgehead atoms. The maximum Gasteiger partial charge on any atom is 0.407 e. The summed E-state index contributed by atoms with van der Waals surface area (Å²) in [5.41, 5.74) is 0. The molecule has 1 heterocycles. The summed E-state index contributed by atoms with van der Waals surface area (Å²) < 4.78 is 5.19. The average molecular weight is 362 g/mol. The number of benzene rings is 3. The maximum atomic E-state index is 11.6. The molecule has 1 amide bonds. The molecular formula is C22H21NO2P+. The first-order chi connectivity index (χ1) is 12.8. The molecule has 0 aromatic heterocycles. The first-order valence-corrected chi connectivity index (χ1v) is 10.7. The average Bonchev–Trinajstić information content (AvgIpc) is 3.13. The van der Waals surface area contributed by atoms with Crippen LogP contribution in [0.25, 0.3) is 0 Å². The van der Waals surface area contributed by atoms with Crippen molar-refractivity contribution in [3.05, 3.63) is 91.0 Å². The molecule has 3 aromatic carbocycles. The van der Waals surface area contributed by atoms with Crippen LogP contribution in [0.15, 0.2) is 91.0 Å². The number of ether oxygens (including phenoxy) is 1. The van der Waals surface area contributed by atoms with Gasteiger partial charge in [-0.05, 0) is 36.4 Å². The fourth-order valence-electron chi connectivity index (χ4n) is 3.67. The molecule has 1 unspecified atom stereocenters. The van der Waals surface area contributed by atoms with Gasteiger partial charge in [0.1, 0.15) is 35.8 Å². The minimum Gasteiger partial charge on any atom is -0.447 e. The van der Waals surface area contributed by atoms with E-state index in [1.807, 2.05) is 0 Å². The van der Waals surface area contributed by atoms with Crippen LogP contribution in [0.2, 0.25) is 0 Å². The summed E-state index contributed by atoms with van der Waals surface area (Å²) in [6, 6.07) is 32.0. The lowest BCUT2D eigenvalue weighted by atomic mass is 10.3. The van der Waals surface area contributed by atoms with Crippen LogP contribution in [0.5, 0.6) is 0 Å². The predicted molar refractivity (Wildman–Crippen MR) is 108 cm³/mol. The number of rotatable bonds is 5. The number of hydrogen-bond acceptors (Lipinski definition) is 2. The Morgan fingerprint density at radius 3 is 1.54 bits per heavy atom. The first-order valence-electron chi connectivity index (χ1n) is 8.77. The van der Waals surface area contributed by atoms with Crippen molar-refractivity contribution in [2.24, 2.45) is 0 Å². The Hall–Kier alpha value is -2.64. The molecule has 4 rings (SSSR count). The van der Waals surface area contributed by atoms with Crippen molar-refractivity contribution in [1.29, 1.82) is 0 Å². The second-order valence-corrected chi connectivity index (χ2v) is 9.97. The zero-order chi connectivity index (χ0) is 17.8. The number of alkyl carbamates (subject to hydrolysis) is 1. The summed E-state index contributed by atoms with van der Waals surface area (Å²) in [6.07, 6.45) is 0.527. The van der Waals surface area contributed by atoms with Gasteiger partial charge < -0.3 is 10.1 Å². The second-order valence-electron chi connectivity index (χ2n) is 6.44. The zero-order valence-electron chi connectivity index (χ0n) is 14.4. The van der Waals surface area contributed by atoms with Crippen molar-refractivity contribution in [3.8, 4) is 0 Å². The van der Waals surface area contributed by atoms with Crippen LogP contribution in [0.1, 0.15) is 0 Å². The van der Waals surface area contributed by atoms with E-state index in [4.69, 9.17) is 4.74 Å². The van der Waals surface area contributed by atoms with Crippen molar-refractivity contribution in [3.63, 3.8) is 0 Å². The van der Waals surface area contributed by atoms with Crippen LogP contribution >= 0.6 is 7.26 Å². The summed E-state index contributed by atoms with van der Waals surface area (Å²) >= 11 is 0. The standard InChI is InChI=1S/C22H20NO2P/c24-22-23-18(16-25-22)17-26(19-10-4-1-5-11-19,20-12-6-2-7-13-20)21-14-8-3-9-15-21/h1-15,18H,16-17H2/p+1. The van der Waals surface area contributed by atoms with Crippen LogP contribution in [0.3, 0.4) is 0 Å². The Bertz CT molecular complexity index is 772. The van der Waals surface area contributed by atoms with Crippen molar-refractivity contribution in [1.82, 2.24) is 5.32 Å². The molecule has 3 aromatic rings. The third kappa shape index (κ3) is 3.11. The highest BCUT2D eigenvalue weighted by molar-refractivity contribution is 7.95. The molecule has 0 spiro atoms. The number of nitrogens with one attached hydrogen (secondary N) is 1. The molecule has 1 aliphatic heterocycles. The highest BCUT2D eigenvalue weighted by atomic mass is 31.2. The van der Waals surface area contributed by atoms with Crippen molar-refractivity contribution < 1.29 is 9.53 Å². The third-order valence-corrected chi connectivity index (χ3v) is 9.35. The lowest BCUT2D eigenvalue weighted by Crippen LogP contribution is -2.41. The summed E-state index contributed by atoms with van der Waals surface area (Å²) in [5.74, 6) is 0. The smallest absolute Gasteiger partial charge is 0.407 e. The third-order valence-electron chi connectivity index (χ3n) is 4.82. The Labute approximate surface area is 154 Å². The topological polar surface area (TPSA) is 38.3 Å². The van der Waals surface area contributed by atoms with E-state index in [1.54, 1.807) is 0 Å². The summed E-state index contributed by atoms with van der Waals surface area (Å²) in [6.45, 7) is 0.424. The highest BCUT2D eigenvalue weighted by Crippen LogP contribution is 2.55. The van der Waals surface area contributed by atoms with Gasteiger partial charge >= 0.3 is 6.09 Å². The van der Waals surface area contributed by atoms with E-state index in [9.17, 15) is 4.79 Å². The van der Waals surface area contributed by atoms with Crippen LogP contribution in [-0.2, 0) is 4.74 Å². The number of hydrogen-bond donors (Lipinski definition) is 1. The number of cyclic esters (lactones) is 1. The fourth-order valence-corrected chi connectivity index (χ4v) is 8.09. The fraction of sp³-hybridized carbons (Fsp3) is 0.136. The molecule has 1 atom stereocenters. The van der Waals surface area contributed by atoms with Crippen LogP contribution < -0.4 is 21.2 Å². The molecule has 1 fully saturated rings. The van der Waals surface area contributed by atoms with Gasteiger partial charge in [0.25, 0.3) is 0 Å². The predicted octanol–water partition coefficient (Wildman–Crippen LogP) is 3.09. The summed E-state index contributed by atoms with van der Waals surface area (Å²) in [4.78, 5) is 11.6. The van der Waals surface area contributed by atoms with Gasteiger partial charge in [-0.1, -0.05) is 54.6 Å². The molecule has 0 aliphatic carbocycles. The van der Waals surface area contributed by atoms with Crippen LogP contribution in [-0.4, -0.2) is 24.9 Å². The van der Waals surface area contributed by atoms with Crippen molar-refractivity contribution >= 4 is 29.3 Å². The van der Waals surface area contributed by atoms with E-state index in [0.29, 0.717) is 6.61 Å². The summed E-state index contributed by atoms with van der Waals surface area (Å²) in [7, 11) is -1.92. The van der Waals surface area contributed by atoms with E-state index in [0.717, 1.165) is 6.16 Å². The number of carbonyl (C=O) groups excluding carboxylic acids is 1. The lowest BCUT2D eigenvalue weighted by Gasteiger charge is -2.29. The number of carbonyl (C=O) groups is 1. The van der Waals surface area contributed by atoms with E-state index in [2.05, 4.69) is 96.3 Å². The van der Waals surface area contributed by atoms with Gasteiger partial charge in [0, 0.05) is 0 Å². The van der Waals surface area contributed by atoms with Gasteiger partial charge in [0.05, 0.1) is 6.16 Å². The maximum absolute atomic E-state index is 11.6. The van der Waals surface area contributed by atoms with Gasteiger partial charge in [-0.2, -0.15) is 0 Å². The molecule has 26 heavy (non-hydrogen) atoms. The molecule has 0 saturated carbocycles.